The lowest BCUT2D eigenvalue weighted by Gasteiger charge is -2.47. The molecule has 3 atom stereocenters. The molecule has 2 N–H and O–H groups in total. The standard InChI is InChI=1S/C48H56ClN3O6/c1-31(30-58-43-16-21-50-42-10-4-7-32(2)45(42)43)23-36-24-33-12-15-40(57-22-6-11-44(53)52-28-34-13-14-39(56-3)25-35(34)29-52)27-41(33)47(36)17-19-48(20-18-47,46(54)55)51-38-9-5-8-37(49)26-38/h5,8-9,12-16,21,25-27,31-32,36,51H,4,6-7,10-11,17-20,22-24,28-30H2,1-3H3,(H,54,55)/t31-,32-,36+,47?,48?/m1/s1. The van der Waals surface area contributed by atoms with Gasteiger partial charge >= 0.3 is 5.97 Å². The van der Waals surface area contributed by atoms with Crippen LogP contribution < -0.4 is 19.5 Å². The molecule has 0 unspecified atom stereocenters. The number of carbonyl (C=O) groups excluding carboxylic acids is 1. The first kappa shape index (κ1) is 40.0. The number of fused-ring (bicyclic) bond motifs is 4. The smallest absolute Gasteiger partial charge is 0.329 e. The van der Waals surface area contributed by atoms with Crippen molar-refractivity contribution in [1.82, 2.24) is 9.88 Å². The Labute approximate surface area is 347 Å². The molecule has 58 heavy (non-hydrogen) atoms. The molecule has 1 aromatic heterocycles. The minimum absolute atomic E-state index is 0.126. The Morgan fingerprint density at radius 2 is 1.78 bits per heavy atom. The van der Waals surface area contributed by atoms with Crippen molar-refractivity contribution in [3.8, 4) is 17.2 Å². The Bertz CT molecular complexity index is 2150. The molecule has 3 aromatic carbocycles. The van der Waals surface area contributed by atoms with Crippen LogP contribution in [0.5, 0.6) is 17.2 Å². The highest BCUT2D eigenvalue weighted by molar-refractivity contribution is 6.30. The molecule has 8 rings (SSSR count). The number of benzene rings is 3. The third-order valence-electron chi connectivity index (χ3n) is 13.6. The van der Waals surface area contributed by atoms with E-state index in [9.17, 15) is 14.7 Å². The van der Waals surface area contributed by atoms with Crippen LogP contribution in [-0.4, -0.2) is 52.7 Å². The summed E-state index contributed by atoms with van der Waals surface area (Å²) in [6, 6.07) is 21.9. The summed E-state index contributed by atoms with van der Waals surface area (Å²) in [6.45, 7) is 6.85. The minimum Gasteiger partial charge on any atom is -0.497 e. The lowest BCUT2D eigenvalue weighted by atomic mass is 9.59. The Morgan fingerprint density at radius 3 is 2.57 bits per heavy atom. The number of aromatic nitrogens is 1. The average molecular weight is 806 g/mol. The third kappa shape index (κ3) is 8.12. The number of aryl methyl sites for hydroxylation is 1. The Kier molecular flexibility index (Phi) is 11.6. The summed E-state index contributed by atoms with van der Waals surface area (Å²) in [5, 5.41) is 14.7. The molecule has 1 spiro atoms. The maximum atomic E-state index is 13.2. The Hall–Kier alpha value is -4.76. The topological polar surface area (TPSA) is 110 Å². The number of carbonyl (C=O) groups is 2. The maximum Gasteiger partial charge on any atom is 0.329 e. The lowest BCUT2D eigenvalue weighted by Crippen LogP contribution is -2.53. The summed E-state index contributed by atoms with van der Waals surface area (Å²) in [5.74, 6) is 2.92. The fourth-order valence-electron chi connectivity index (χ4n) is 10.4. The highest BCUT2D eigenvalue weighted by atomic mass is 35.5. The molecule has 0 radical (unpaired) electrons. The van der Waals surface area contributed by atoms with Gasteiger partial charge in [-0.1, -0.05) is 43.6 Å². The largest absolute Gasteiger partial charge is 0.497 e. The van der Waals surface area contributed by atoms with E-state index in [1.165, 1.54) is 34.4 Å². The van der Waals surface area contributed by atoms with Crippen molar-refractivity contribution in [2.45, 2.75) is 114 Å². The zero-order valence-electron chi connectivity index (χ0n) is 34.0. The van der Waals surface area contributed by atoms with Crippen LogP contribution in [-0.2, 0) is 40.9 Å². The number of methoxy groups -OCH3 is 1. The molecule has 306 valence electrons. The van der Waals surface area contributed by atoms with Crippen molar-refractivity contribution in [3.05, 3.63) is 111 Å². The van der Waals surface area contributed by atoms with E-state index in [1.807, 2.05) is 47.5 Å². The molecule has 0 bridgehead atoms. The van der Waals surface area contributed by atoms with E-state index in [-0.39, 0.29) is 17.2 Å². The number of amides is 1. The molecule has 1 aliphatic heterocycles. The zero-order chi connectivity index (χ0) is 40.4. The van der Waals surface area contributed by atoms with E-state index in [0.29, 0.717) is 68.8 Å². The SMILES string of the molecule is COc1ccc2c(c1)CN(C(=O)CCCOc1ccc3c(c1)C1(CCC(Nc4cccc(Cl)c4)(C(=O)O)CC1)[C@@H](C[C@@H](C)COc1ccnc4c1[C@H](C)CCC4)C3)C2. The van der Waals surface area contributed by atoms with Gasteiger partial charge in [0.2, 0.25) is 5.91 Å². The van der Waals surface area contributed by atoms with Crippen molar-refractivity contribution in [2.75, 3.05) is 25.6 Å². The van der Waals surface area contributed by atoms with Crippen molar-refractivity contribution < 1.29 is 28.9 Å². The van der Waals surface area contributed by atoms with Crippen LogP contribution in [0.15, 0.2) is 72.9 Å². The molecule has 4 aliphatic rings. The predicted molar refractivity (Wildman–Crippen MR) is 226 cm³/mol. The van der Waals surface area contributed by atoms with E-state index in [2.05, 4.69) is 42.3 Å². The highest BCUT2D eigenvalue weighted by Crippen LogP contribution is 2.57. The van der Waals surface area contributed by atoms with Gasteiger partial charge < -0.3 is 29.5 Å². The number of carboxylic acid groups (broad SMARTS) is 1. The highest BCUT2D eigenvalue weighted by Gasteiger charge is 2.54. The van der Waals surface area contributed by atoms with Crippen LogP contribution >= 0.6 is 11.6 Å². The van der Waals surface area contributed by atoms with E-state index in [0.717, 1.165) is 67.0 Å². The number of rotatable bonds is 14. The molecular weight excluding hydrogens is 750 g/mol. The van der Waals surface area contributed by atoms with Gasteiger partial charge in [0, 0.05) is 47.7 Å². The van der Waals surface area contributed by atoms with Gasteiger partial charge in [-0.05, 0) is 158 Å². The Morgan fingerprint density at radius 1 is 0.983 bits per heavy atom. The first-order valence-electron chi connectivity index (χ1n) is 21.1. The predicted octanol–water partition coefficient (Wildman–Crippen LogP) is 9.91. The van der Waals surface area contributed by atoms with Gasteiger partial charge in [0.1, 0.15) is 22.8 Å². The fourth-order valence-corrected chi connectivity index (χ4v) is 10.6. The molecule has 1 amide bonds. The summed E-state index contributed by atoms with van der Waals surface area (Å²) >= 11 is 6.31. The normalized spacial score (nSPS) is 23.8. The second kappa shape index (κ2) is 16.8. The second-order valence-corrected chi connectivity index (χ2v) is 17.8. The third-order valence-corrected chi connectivity index (χ3v) is 13.8. The van der Waals surface area contributed by atoms with E-state index >= 15 is 0 Å². The van der Waals surface area contributed by atoms with E-state index in [4.69, 9.17) is 25.8 Å². The minimum atomic E-state index is -1.10. The van der Waals surface area contributed by atoms with E-state index in [1.54, 1.807) is 19.2 Å². The van der Waals surface area contributed by atoms with Gasteiger partial charge in [-0.2, -0.15) is 0 Å². The fraction of sp³-hybridized carbons (Fsp3) is 0.479. The molecule has 10 heteroatoms. The number of halogens is 1. The number of nitrogens with zero attached hydrogens (tertiary/aromatic N) is 2. The molecule has 3 aliphatic carbocycles. The van der Waals surface area contributed by atoms with Crippen LogP contribution in [0.25, 0.3) is 0 Å². The zero-order valence-corrected chi connectivity index (χ0v) is 34.8. The first-order chi connectivity index (χ1) is 28.1. The van der Waals surface area contributed by atoms with Crippen molar-refractivity contribution in [1.29, 1.82) is 0 Å². The molecule has 0 saturated heterocycles. The van der Waals surface area contributed by atoms with Gasteiger partial charge in [-0.3, -0.25) is 9.78 Å². The maximum absolute atomic E-state index is 13.2. The first-order valence-corrected chi connectivity index (χ1v) is 21.5. The number of hydrogen-bond donors (Lipinski definition) is 2. The van der Waals surface area contributed by atoms with Crippen molar-refractivity contribution in [3.63, 3.8) is 0 Å². The number of nitrogens with one attached hydrogen (secondary N) is 1. The van der Waals surface area contributed by atoms with Gasteiger partial charge in [0.25, 0.3) is 0 Å². The van der Waals surface area contributed by atoms with E-state index < -0.39 is 11.5 Å². The van der Waals surface area contributed by atoms with Gasteiger partial charge in [0.05, 0.1) is 20.3 Å². The number of carboxylic acids is 1. The average Bonchev–Trinajstić information content (AvgIpc) is 3.78. The van der Waals surface area contributed by atoms with Crippen molar-refractivity contribution >= 4 is 29.2 Å². The molecule has 1 saturated carbocycles. The van der Waals surface area contributed by atoms with Gasteiger partial charge in [-0.15, -0.1) is 0 Å². The van der Waals surface area contributed by atoms with Gasteiger partial charge in [-0.25, -0.2) is 4.79 Å². The number of ether oxygens (including phenoxy) is 3. The molecule has 2 heterocycles. The Balaban J connectivity index is 0.961. The summed E-state index contributed by atoms with van der Waals surface area (Å²) in [6.07, 6.45) is 10.6. The van der Waals surface area contributed by atoms with Crippen LogP contribution in [0.2, 0.25) is 5.02 Å². The summed E-state index contributed by atoms with van der Waals surface area (Å²) in [4.78, 5) is 32.8. The molecular formula is C48H56ClN3O6. The summed E-state index contributed by atoms with van der Waals surface area (Å²) in [7, 11) is 1.66. The lowest BCUT2D eigenvalue weighted by molar-refractivity contribution is -0.144. The number of aliphatic carboxylic acids is 1. The number of pyridine rings is 1. The monoisotopic (exact) mass is 805 g/mol. The molecule has 1 fully saturated rings. The second-order valence-electron chi connectivity index (χ2n) is 17.3. The van der Waals surface area contributed by atoms with Crippen LogP contribution in [0.4, 0.5) is 5.69 Å². The number of anilines is 1. The molecule has 9 nitrogen and oxygen atoms in total. The quantitative estimate of drug-likeness (QED) is 0.121. The number of hydrogen-bond acceptors (Lipinski definition) is 7. The van der Waals surface area contributed by atoms with Crippen LogP contribution in [0.3, 0.4) is 0 Å². The molecule has 4 aromatic rings. The van der Waals surface area contributed by atoms with Crippen LogP contribution in [0.1, 0.15) is 111 Å². The summed E-state index contributed by atoms with van der Waals surface area (Å²) in [5.41, 5.74) is 6.77. The van der Waals surface area contributed by atoms with Crippen LogP contribution in [0, 0.1) is 11.8 Å². The summed E-state index contributed by atoms with van der Waals surface area (Å²) < 4.78 is 18.3. The van der Waals surface area contributed by atoms with Crippen molar-refractivity contribution in [2.24, 2.45) is 11.8 Å². The van der Waals surface area contributed by atoms with Gasteiger partial charge in [0.15, 0.2) is 0 Å².